The smallest absolute Gasteiger partial charge is 0.311 e. The first-order chi connectivity index (χ1) is 8.89. The van der Waals surface area contributed by atoms with E-state index in [0.717, 1.165) is 29.7 Å². The molecule has 2 aliphatic rings. The average Bonchev–Trinajstić information content (AvgIpc) is 2.69. The largest absolute Gasteiger partial charge is 0.382 e. The second-order valence-corrected chi connectivity index (χ2v) is 6.89. The van der Waals surface area contributed by atoms with Gasteiger partial charge in [0.25, 0.3) is 0 Å². The molecule has 1 atom stereocenters. The molecule has 7 heteroatoms. The Morgan fingerprint density at radius 3 is 2.84 bits per heavy atom. The van der Waals surface area contributed by atoms with Gasteiger partial charge in [-0.1, -0.05) is 0 Å². The zero-order valence-electron chi connectivity index (χ0n) is 11.3. The molecule has 0 amide bonds. The summed E-state index contributed by atoms with van der Waals surface area (Å²) in [6, 6.07) is -0.109. The zero-order chi connectivity index (χ0) is 13.8. The van der Waals surface area contributed by atoms with Crippen molar-refractivity contribution in [1.29, 1.82) is 0 Å². The van der Waals surface area contributed by atoms with E-state index in [4.69, 9.17) is 4.18 Å². The maximum atomic E-state index is 11.9. The molecule has 1 aliphatic heterocycles. The number of aryl methyl sites for hydroxylation is 1. The van der Waals surface area contributed by atoms with Crippen molar-refractivity contribution in [2.45, 2.75) is 18.9 Å². The van der Waals surface area contributed by atoms with Crippen LogP contribution in [0, 0.1) is 0 Å². The fourth-order valence-corrected chi connectivity index (χ4v) is 4.23. The van der Waals surface area contributed by atoms with Gasteiger partial charge in [0, 0.05) is 12.7 Å². The minimum Gasteiger partial charge on any atom is -0.382 e. The van der Waals surface area contributed by atoms with Crippen LogP contribution in [-0.4, -0.2) is 49.0 Å². The van der Waals surface area contributed by atoms with Crippen LogP contribution >= 0.6 is 0 Å². The third-order valence-corrected chi connectivity index (χ3v) is 4.97. The van der Waals surface area contributed by atoms with Crippen LogP contribution in [0.1, 0.15) is 17.7 Å². The maximum Gasteiger partial charge on any atom is 0.311 e. The Bertz CT molecular complexity index is 658. The Morgan fingerprint density at radius 1 is 1.42 bits per heavy atom. The van der Waals surface area contributed by atoms with Gasteiger partial charge in [0.1, 0.15) is 5.75 Å². The lowest BCUT2D eigenvalue weighted by atomic mass is 9.91. The Labute approximate surface area is 112 Å². The Kier molecular flexibility index (Phi) is 2.72. The Morgan fingerprint density at radius 2 is 2.16 bits per heavy atom. The number of aromatic nitrogens is 2. The highest BCUT2D eigenvalue weighted by atomic mass is 32.2. The van der Waals surface area contributed by atoms with E-state index in [1.807, 2.05) is 26.0 Å². The maximum absolute atomic E-state index is 11.9. The molecule has 1 aromatic heterocycles. The predicted molar refractivity (Wildman–Crippen MR) is 70.8 cm³/mol. The molecule has 1 unspecified atom stereocenters. The van der Waals surface area contributed by atoms with E-state index in [9.17, 15) is 8.42 Å². The van der Waals surface area contributed by atoms with Crippen LogP contribution in [0.25, 0.3) is 5.76 Å². The quantitative estimate of drug-likeness (QED) is 0.697. The molecule has 0 saturated carbocycles. The van der Waals surface area contributed by atoms with Crippen LogP contribution in [0.2, 0.25) is 0 Å². The van der Waals surface area contributed by atoms with E-state index in [0.29, 0.717) is 5.76 Å². The molecule has 1 aromatic rings. The summed E-state index contributed by atoms with van der Waals surface area (Å²) >= 11 is 0. The molecular formula is C12H17N3O3S. The third kappa shape index (κ3) is 1.97. The highest BCUT2D eigenvalue weighted by Crippen LogP contribution is 2.38. The normalized spacial score (nSPS) is 24.9. The molecule has 0 N–H and O–H groups in total. The van der Waals surface area contributed by atoms with Crippen molar-refractivity contribution in [3.05, 3.63) is 23.0 Å². The van der Waals surface area contributed by atoms with Gasteiger partial charge in [0.15, 0.2) is 5.76 Å². The van der Waals surface area contributed by atoms with E-state index >= 15 is 0 Å². The van der Waals surface area contributed by atoms with E-state index in [2.05, 4.69) is 5.10 Å². The third-order valence-electron chi connectivity index (χ3n) is 3.83. The van der Waals surface area contributed by atoms with Crippen LogP contribution < -0.4 is 0 Å². The van der Waals surface area contributed by atoms with Crippen molar-refractivity contribution >= 4 is 15.9 Å². The topological polar surface area (TPSA) is 64.4 Å². The second-order valence-electron chi connectivity index (χ2n) is 5.27. The van der Waals surface area contributed by atoms with Crippen LogP contribution in [0.15, 0.2) is 11.8 Å². The fourth-order valence-electron chi connectivity index (χ4n) is 2.82. The predicted octanol–water partition coefficient (Wildman–Crippen LogP) is 0.368. The molecule has 2 heterocycles. The van der Waals surface area contributed by atoms with Crippen molar-refractivity contribution in [3.63, 3.8) is 0 Å². The van der Waals surface area contributed by atoms with Crippen LogP contribution in [0.4, 0.5) is 0 Å². The minimum atomic E-state index is -3.52. The lowest BCUT2D eigenvalue weighted by Crippen LogP contribution is -2.41. The molecule has 0 radical (unpaired) electrons. The van der Waals surface area contributed by atoms with Crippen molar-refractivity contribution in [1.82, 2.24) is 14.7 Å². The molecule has 3 rings (SSSR count). The van der Waals surface area contributed by atoms with Crippen molar-refractivity contribution in [2.24, 2.45) is 7.05 Å². The Hall–Kier alpha value is -1.34. The SMILES string of the molecule is CN(C)C1CS(=O)(=O)OC2=C1CCc1c2cnn1C. The first-order valence-electron chi connectivity index (χ1n) is 6.22. The van der Waals surface area contributed by atoms with E-state index in [1.54, 1.807) is 10.9 Å². The van der Waals surface area contributed by atoms with Gasteiger partial charge >= 0.3 is 10.1 Å². The lowest BCUT2D eigenvalue weighted by molar-refractivity contribution is 0.318. The van der Waals surface area contributed by atoms with Gasteiger partial charge in [-0.3, -0.25) is 4.68 Å². The highest BCUT2D eigenvalue weighted by Gasteiger charge is 2.38. The van der Waals surface area contributed by atoms with Crippen LogP contribution in [-0.2, 0) is 27.8 Å². The zero-order valence-corrected chi connectivity index (χ0v) is 12.1. The molecule has 19 heavy (non-hydrogen) atoms. The minimum absolute atomic E-state index is 0.0223. The lowest BCUT2D eigenvalue weighted by Gasteiger charge is -2.34. The summed E-state index contributed by atoms with van der Waals surface area (Å²) < 4.78 is 30.9. The van der Waals surface area contributed by atoms with Crippen molar-refractivity contribution in [2.75, 3.05) is 19.8 Å². The Balaban J connectivity index is 2.17. The monoisotopic (exact) mass is 283 g/mol. The standard InChI is InChI=1S/C12H17N3O3S/c1-14(2)11-7-19(16,17)18-12-8(11)4-5-10-9(12)6-13-15(10)3/h6,11H,4-5,7H2,1-3H3. The second kappa shape index (κ2) is 4.08. The van der Waals surface area contributed by atoms with E-state index in [1.165, 1.54) is 0 Å². The first kappa shape index (κ1) is 12.7. The van der Waals surface area contributed by atoms with Gasteiger partial charge < -0.3 is 9.08 Å². The summed E-state index contributed by atoms with van der Waals surface area (Å²) in [6.45, 7) is 0. The van der Waals surface area contributed by atoms with Gasteiger partial charge in [-0.15, -0.1) is 0 Å². The molecule has 1 aliphatic carbocycles. The van der Waals surface area contributed by atoms with Gasteiger partial charge in [0.05, 0.1) is 17.8 Å². The summed E-state index contributed by atoms with van der Waals surface area (Å²) in [5.41, 5.74) is 2.92. The van der Waals surface area contributed by atoms with Gasteiger partial charge in [-0.2, -0.15) is 13.5 Å². The van der Waals surface area contributed by atoms with Gasteiger partial charge in [-0.25, -0.2) is 0 Å². The van der Waals surface area contributed by atoms with E-state index in [-0.39, 0.29) is 11.8 Å². The summed E-state index contributed by atoms with van der Waals surface area (Å²) in [5.74, 6) is 0.522. The van der Waals surface area contributed by atoms with Crippen molar-refractivity contribution < 1.29 is 12.6 Å². The number of nitrogens with zero attached hydrogens (tertiary/aromatic N) is 3. The van der Waals surface area contributed by atoms with Crippen LogP contribution in [0.5, 0.6) is 0 Å². The van der Waals surface area contributed by atoms with Crippen molar-refractivity contribution in [3.8, 4) is 0 Å². The summed E-state index contributed by atoms with van der Waals surface area (Å²) in [4.78, 5) is 1.94. The molecule has 0 bridgehead atoms. The molecule has 0 fully saturated rings. The van der Waals surface area contributed by atoms with Gasteiger partial charge in [-0.05, 0) is 32.5 Å². The fraction of sp³-hybridized carbons (Fsp3) is 0.583. The van der Waals surface area contributed by atoms with Gasteiger partial charge in [0.2, 0.25) is 0 Å². The number of hydrogen-bond acceptors (Lipinski definition) is 5. The van der Waals surface area contributed by atoms with E-state index < -0.39 is 10.1 Å². The summed E-state index contributed by atoms with van der Waals surface area (Å²) in [6.07, 6.45) is 3.38. The average molecular weight is 283 g/mol. The summed E-state index contributed by atoms with van der Waals surface area (Å²) in [7, 11) is 2.14. The molecule has 0 aromatic carbocycles. The number of likely N-dealkylation sites (N-methyl/N-ethyl adjacent to an activating group) is 1. The number of rotatable bonds is 1. The highest BCUT2D eigenvalue weighted by molar-refractivity contribution is 7.87. The number of hydrogen-bond donors (Lipinski definition) is 0. The molecule has 0 saturated heterocycles. The van der Waals surface area contributed by atoms with Crippen LogP contribution in [0.3, 0.4) is 0 Å². The molecule has 104 valence electrons. The number of fused-ring (bicyclic) bond motifs is 2. The molecular weight excluding hydrogens is 266 g/mol. The summed E-state index contributed by atoms with van der Waals surface area (Å²) in [5, 5.41) is 4.20. The molecule has 0 spiro atoms. The molecule has 6 nitrogen and oxygen atoms in total. The first-order valence-corrected chi connectivity index (χ1v) is 7.79.